The molecule has 0 atom stereocenters. The van der Waals surface area contributed by atoms with E-state index in [0.717, 1.165) is 31.8 Å². The van der Waals surface area contributed by atoms with Crippen LogP contribution in [0.1, 0.15) is 25.5 Å². The molecule has 2 rings (SSSR count). The van der Waals surface area contributed by atoms with Gasteiger partial charge in [-0.15, -0.1) is 10.2 Å². The summed E-state index contributed by atoms with van der Waals surface area (Å²) in [6, 6.07) is 0. The van der Waals surface area contributed by atoms with Crippen LogP contribution >= 0.6 is 0 Å². The monoisotopic (exact) mass is 208 g/mol. The number of rotatable bonds is 1. The number of hydrogen-bond acceptors (Lipinski definition) is 4. The Morgan fingerprint density at radius 2 is 2.00 bits per heavy atom. The molecule has 1 aliphatic heterocycles. The number of anilines is 1. The first-order valence-electron chi connectivity index (χ1n) is 5.35. The van der Waals surface area contributed by atoms with Gasteiger partial charge in [-0.05, 0) is 25.7 Å². The fourth-order valence-electron chi connectivity index (χ4n) is 1.75. The Morgan fingerprint density at radius 3 is 2.60 bits per heavy atom. The zero-order valence-corrected chi connectivity index (χ0v) is 9.16. The number of nitrogens with one attached hydrogen (secondary N) is 1. The number of H-pyrrole nitrogens is 1. The van der Waals surface area contributed by atoms with Gasteiger partial charge in [0.1, 0.15) is 5.69 Å². The van der Waals surface area contributed by atoms with Crippen LogP contribution in [0.3, 0.4) is 0 Å². The van der Waals surface area contributed by atoms with Crippen molar-refractivity contribution in [2.75, 3.05) is 18.0 Å². The summed E-state index contributed by atoms with van der Waals surface area (Å²) in [7, 11) is 0. The van der Waals surface area contributed by atoms with Crippen molar-refractivity contribution in [3.63, 3.8) is 0 Å². The Balaban J connectivity index is 2.16. The molecule has 0 spiro atoms. The molecule has 15 heavy (non-hydrogen) atoms. The van der Waals surface area contributed by atoms with Crippen LogP contribution in [-0.2, 0) is 0 Å². The van der Waals surface area contributed by atoms with E-state index < -0.39 is 0 Å². The molecule has 2 heterocycles. The largest absolute Gasteiger partial charge is 0.341 e. The average Bonchev–Trinajstić information content (AvgIpc) is 2.23. The van der Waals surface area contributed by atoms with Gasteiger partial charge in [-0.25, -0.2) is 0 Å². The van der Waals surface area contributed by atoms with Gasteiger partial charge in [0.05, 0.1) is 0 Å². The molecule has 1 fully saturated rings. The molecule has 1 aromatic heterocycles. The molecule has 0 aromatic carbocycles. The maximum absolute atomic E-state index is 11.4. The Bertz CT molecular complexity index is 393. The van der Waals surface area contributed by atoms with E-state index >= 15 is 0 Å². The first-order chi connectivity index (χ1) is 7.16. The van der Waals surface area contributed by atoms with E-state index in [4.69, 9.17) is 0 Å². The quantitative estimate of drug-likeness (QED) is 0.738. The van der Waals surface area contributed by atoms with Crippen molar-refractivity contribution >= 4 is 5.95 Å². The summed E-state index contributed by atoms with van der Waals surface area (Å²) < 4.78 is 0. The van der Waals surface area contributed by atoms with Crippen LogP contribution in [0.4, 0.5) is 5.95 Å². The third-order valence-electron chi connectivity index (χ3n) is 2.93. The van der Waals surface area contributed by atoms with Gasteiger partial charge < -0.3 is 4.90 Å². The van der Waals surface area contributed by atoms with Crippen LogP contribution in [0.15, 0.2) is 4.79 Å². The van der Waals surface area contributed by atoms with Crippen LogP contribution in [0.2, 0.25) is 0 Å². The lowest BCUT2D eigenvalue weighted by Crippen LogP contribution is -2.35. The predicted molar refractivity (Wildman–Crippen MR) is 58.0 cm³/mol. The van der Waals surface area contributed by atoms with Crippen molar-refractivity contribution in [1.82, 2.24) is 15.2 Å². The van der Waals surface area contributed by atoms with Gasteiger partial charge in [-0.1, -0.05) is 6.92 Å². The molecule has 0 amide bonds. The second kappa shape index (κ2) is 4.00. The lowest BCUT2D eigenvalue weighted by Gasteiger charge is -2.30. The third-order valence-corrected chi connectivity index (χ3v) is 2.93. The highest BCUT2D eigenvalue weighted by Gasteiger charge is 2.17. The zero-order chi connectivity index (χ0) is 10.8. The number of aromatic amines is 1. The highest BCUT2D eigenvalue weighted by molar-refractivity contribution is 5.28. The number of nitrogens with zero attached hydrogens (tertiary/aromatic N) is 3. The maximum Gasteiger partial charge on any atom is 0.273 e. The second-order valence-corrected chi connectivity index (χ2v) is 4.23. The summed E-state index contributed by atoms with van der Waals surface area (Å²) in [5.41, 5.74) is 0.280. The highest BCUT2D eigenvalue weighted by atomic mass is 16.1. The average molecular weight is 208 g/mol. The fourth-order valence-corrected chi connectivity index (χ4v) is 1.75. The molecule has 0 aliphatic carbocycles. The standard InChI is InChI=1S/C10H16N4O/c1-7-3-5-14(6-4-7)10-11-9(15)8(2)12-13-10/h7H,3-6H2,1-2H3,(H,11,13,15). The second-order valence-electron chi connectivity index (χ2n) is 4.23. The number of piperidine rings is 1. The summed E-state index contributed by atoms with van der Waals surface area (Å²) in [5.74, 6) is 1.38. The first-order valence-corrected chi connectivity index (χ1v) is 5.35. The van der Waals surface area contributed by atoms with Gasteiger partial charge in [-0.2, -0.15) is 0 Å². The molecule has 0 saturated carbocycles. The molecule has 0 unspecified atom stereocenters. The molecule has 82 valence electrons. The topological polar surface area (TPSA) is 61.9 Å². The molecule has 1 saturated heterocycles. The summed E-state index contributed by atoms with van der Waals surface area (Å²) in [6.07, 6.45) is 2.30. The fraction of sp³-hybridized carbons (Fsp3) is 0.700. The minimum absolute atomic E-state index is 0.140. The molecular formula is C10H16N4O. The molecule has 5 heteroatoms. The SMILES string of the molecule is Cc1nnc(N2CCC(C)CC2)[nH]c1=O. The Labute approximate surface area is 88.5 Å². The molecule has 1 N–H and O–H groups in total. The normalized spacial score (nSPS) is 18.1. The Morgan fingerprint density at radius 1 is 1.33 bits per heavy atom. The molecule has 0 bridgehead atoms. The number of aromatic nitrogens is 3. The summed E-state index contributed by atoms with van der Waals surface area (Å²) in [5, 5.41) is 7.85. The van der Waals surface area contributed by atoms with E-state index in [1.54, 1.807) is 6.92 Å². The van der Waals surface area contributed by atoms with Gasteiger partial charge in [-0.3, -0.25) is 9.78 Å². The van der Waals surface area contributed by atoms with Crippen molar-refractivity contribution in [2.45, 2.75) is 26.7 Å². The van der Waals surface area contributed by atoms with E-state index in [-0.39, 0.29) is 5.56 Å². The number of hydrogen-bond donors (Lipinski definition) is 1. The van der Waals surface area contributed by atoms with Crippen LogP contribution in [0.25, 0.3) is 0 Å². The first kappa shape index (κ1) is 10.1. The van der Waals surface area contributed by atoms with Crippen LogP contribution in [0, 0.1) is 12.8 Å². The van der Waals surface area contributed by atoms with Gasteiger partial charge in [0.25, 0.3) is 5.56 Å². The van der Waals surface area contributed by atoms with Gasteiger partial charge in [0, 0.05) is 13.1 Å². The van der Waals surface area contributed by atoms with E-state index in [9.17, 15) is 4.79 Å². The number of aryl methyl sites for hydroxylation is 1. The van der Waals surface area contributed by atoms with Crippen molar-refractivity contribution in [3.8, 4) is 0 Å². The highest BCUT2D eigenvalue weighted by Crippen LogP contribution is 2.18. The van der Waals surface area contributed by atoms with E-state index in [1.807, 2.05) is 0 Å². The minimum atomic E-state index is -0.140. The van der Waals surface area contributed by atoms with Crippen molar-refractivity contribution in [3.05, 3.63) is 16.0 Å². The summed E-state index contributed by atoms with van der Waals surface area (Å²) in [4.78, 5) is 16.2. The summed E-state index contributed by atoms with van der Waals surface area (Å²) in [6.45, 7) is 5.82. The maximum atomic E-state index is 11.4. The van der Waals surface area contributed by atoms with E-state index in [0.29, 0.717) is 11.6 Å². The van der Waals surface area contributed by atoms with Gasteiger partial charge >= 0.3 is 0 Å². The lowest BCUT2D eigenvalue weighted by atomic mass is 10.00. The van der Waals surface area contributed by atoms with Crippen molar-refractivity contribution < 1.29 is 0 Å². The molecule has 5 nitrogen and oxygen atoms in total. The predicted octanol–water partition coefficient (Wildman–Crippen LogP) is 0.710. The van der Waals surface area contributed by atoms with Crippen molar-refractivity contribution in [1.29, 1.82) is 0 Å². The molecular weight excluding hydrogens is 192 g/mol. The Hall–Kier alpha value is -1.39. The van der Waals surface area contributed by atoms with Crippen LogP contribution < -0.4 is 10.5 Å². The van der Waals surface area contributed by atoms with Gasteiger partial charge in [0.2, 0.25) is 5.95 Å². The van der Waals surface area contributed by atoms with Crippen LogP contribution in [-0.4, -0.2) is 28.3 Å². The lowest BCUT2D eigenvalue weighted by molar-refractivity contribution is 0.433. The molecule has 1 aromatic rings. The molecule has 1 aliphatic rings. The zero-order valence-electron chi connectivity index (χ0n) is 9.16. The third kappa shape index (κ3) is 2.16. The minimum Gasteiger partial charge on any atom is -0.341 e. The van der Waals surface area contributed by atoms with E-state index in [2.05, 4.69) is 27.0 Å². The van der Waals surface area contributed by atoms with E-state index in [1.165, 1.54) is 0 Å². The van der Waals surface area contributed by atoms with Crippen LogP contribution in [0.5, 0.6) is 0 Å². The Kier molecular flexibility index (Phi) is 2.70. The smallest absolute Gasteiger partial charge is 0.273 e. The molecule has 0 radical (unpaired) electrons. The van der Waals surface area contributed by atoms with Crippen molar-refractivity contribution in [2.24, 2.45) is 5.92 Å². The summed E-state index contributed by atoms with van der Waals surface area (Å²) >= 11 is 0. The van der Waals surface area contributed by atoms with Gasteiger partial charge in [0.15, 0.2) is 0 Å².